The lowest BCUT2D eigenvalue weighted by Crippen LogP contribution is -2.32. The van der Waals surface area contributed by atoms with E-state index in [1.165, 1.54) is 30.8 Å². The fourth-order valence-corrected chi connectivity index (χ4v) is 2.69. The second-order valence-corrected chi connectivity index (χ2v) is 5.79. The highest BCUT2D eigenvalue weighted by atomic mass is 32.2. The van der Waals surface area contributed by atoms with Gasteiger partial charge in [0, 0.05) is 25.5 Å². The molecule has 16 heavy (non-hydrogen) atoms. The first kappa shape index (κ1) is 16.3. The van der Waals surface area contributed by atoms with Crippen molar-refractivity contribution >= 4 is 11.8 Å². The Hall–Kier alpha value is 0.270. The summed E-state index contributed by atoms with van der Waals surface area (Å²) in [4.78, 5) is 0. The topological polar surface area (TPSA) is 21.3 Å². The van der Waals surface area contributed by atoms with E-state index in [-0.39, 0.29) is 0 Å². The van der Waals surface area contributed by atoms with Crippen molar-refractivity contribution in [3.8, 4) is 0 Å². The molecule has 0 heterocycles. The Labute approximate surface area is 106 Å². The van der Waals surface area contributed by atoms with Crippen LogP contribution in [0.4, 0.5) is 0 Å². The first-order valence-electron chi connectivity index (χ1n) is 6.50. The van der Waals surface area contributed by atoms with Gasteiger partial charge in [-0.2, -0.15) is 11.8 Å². The molecule has 0 aromatic carbocycles. The average molecular weight is 247 g/mol. The minimum absolute atomic E-state index is 0.666. The molecule has 1 atom stereocenters. The molecular weight excluding hydrogens is 218 g/mol. The fourth-order valence-electron chi connectivity index (χ4n) is 1.51. The SMILES string of the molecule is CCCNC(CCCOC)CSCC(C)C. The molecule has 0 bridgehead atoms. The van der Waals surface area contributed by atoms with E-state index in [0.29, 0.717) is 6.04 Å². The summed E-state index contributed by atoms with van der Waals surface area (Å²) in [6.07, 6.45) is 3.62. The van der Waals surface area contributed by atoms with Crippen LogP contribution >= 0.6 is 11.8 Å². The number of thioether (sulfide) groups is 1. The summed E-state index contributed by atoms with van der Waals surface area (Å²) in [5, 5.41) is 3.63. The quantitative estimate of drug-likeness (QED) is 0.567. The molecule has 0 aliphatic heterocycles. The van der Waals surface area contributed by atoms with Crippen LogP contribution in [0.1, 0.15) is 40.0 Å². The van der Waals surface area contributed by atoms with E-state index >= 15 is 0 Å². The molecule has 2 nitrogen and oxygen atoms in total. The van der Waals surface area contributed by atoms with Gasteiger partial charge in [-0.25, -0.2) is 0 Å². The standard InChI is InChI=1S/C13H29NOS/c1-5-8-14-13(7-6-9-15-4)11-16-10-12(2)3/h12-14H,5-11H2,1-4H3. The van der Waals surface area contributed by atoms with Gasteiger partial charge in [0.25, 0.3) is 0 Å². The predicted octanol–water partition coefficient (Wildman–Crippen LogP) is 3.17. The Kier molecular flexibility index (Phi) is 11.9. The van der Waals surface area contributed by atoms with Crippen LogP contribution < -0.4 is 5.32 Å². The van der Waals surface area contributed by atoms with Gasteiger partial charge < -0.3 is 10.1 Å². The molecule has 0 rings (SSSR count). The normalized spacial score (nSPS) is 13.3. The lowest BCUT2D eigenvalue weighted by molar-refractivity contribution is 0.189. The summed E-state index contributed by atoms with van der Waals surface area (Å²) in [7, 11) is 1.78. The van der Waals surface area contributed by atoms with E-state index in [0.717, 1.165) is 19.1 Å². The fraction of sp³-hybridized carbons (Fsp3) is 1.00. The van der Waals surface area contributed by atoms with E-state index < -0.39 is 0 Å². The number of ether oxygens (including phenoxy) is 1. The van der Waals surface area contributed by atoms with E-state index in [2.05, 4.69) is 37.8 Å². The second kappa shape index (κ2) is 11.7. The van der Waals surface area contributed by atoms with Crippen molar-refractivity contribution in [1.82, 2.24) is 5.32 Å². The average Bonchev–Trinajstić information content (AvgIpc) is 2.25. The summed E-state index contributed by atoms with van der Waals surface area (Å²) >= 11 is 2.07. The van der Waals surface area contributed by atoms with Gasteiger partial charge in [0.15, 0.2) is 0 Å². The Morgan fingerprint density at radius 3 is 2.56 bits per heavy atom. The van der Waals surface area contributed by atoms with Crippen molar-refractivity contribution in [1.29, 1.82) is 0 Å². The van der Waals surface area contributed by atoms with Gasteiger partial charge in [-0.1, -0.05) is 20.8 Å². The van der Waals surface area contributed by atoms with E-state index in [1.807, 2.05) is 0 Å². The third-order valence-electron chi connectivity index (χ3n) is 2.35. The molecule has 98 valence electrons. The molecule has 1 unspecified atom stereocenters. The minimum Gasteiger partial charge on any atom is -0.385 e. The van der Waals surface area contributed by atoms with Gasteiger partial charge in [-0.3, -0.25) is 0 Å². The highest BCUT2D eigenvalue weighted by Crippen LogP contribution is 2.11. The summed E-state index contributed by atoms with van der Waals surface area (Å²) < 4.78 is 5.10. The third-order valence-corrected chi connectivity index (χ3v) is 3.89. The number of hydrogen-bond acceptors (Lipinski definition) is 3. The van der Waals surface area contributed by atoms with Gasteiger partial charge in [0.1, 0.15) is 0 Å². The second-order valence-electron chi connectivity index (χ2n) is 4.72. The van der Waals surface area contributed by atoms with E-state index in [1.54, 1.807) is 7.11 Å². The first-order chi connectivity index (χ1) is 7.70. The molecule has 1 N–H and O–H groups in total. The van der Waals surface area contributed by atoms with Crippen LogP contribution in [0.3, 0.4) is 0 Å². The maximum Gasteiger partial charge on any atom is 0.0462 e. The Morgan fingerprint density at radius 2 is 2.00 bits per heavy atom. The maximum atomic E-state index is 5.10. The van der Waals surface area contributed by atoms with Gasteiger partial charge in [-0.15, -0.1) is 0 Å². The monoisotopic (exact) mass is 247 g/mol. The van der Waals surface area contributed by atoms with Crippen LogP contribution in [-0.4, -0.2) is 37.8 Å². The third kappa shape index (κ3) is 10.8. The van der Waals surface area contributed by atoms with Gasteiger partial charge in [0.2, 0.25) is 0 Å². The molecule has 0 aromatic heterocycles. The molecule has 0 saturated carbocycles. The van der Waals surface area contributed by atoms with Crippen molar-refractivity contribution in [3.05, 3.63) is 0 Å². The summed E-state index contributed by atoms with van der Waals surface area (Å²) in [5.74, 6) is 3.31. The zero-order valence-electron chi connectivity index (χ0n) is 11.4. The molecule has 0 amide bonds. The maximum absolute atomic E-state index is 5.10. The van der Waals surface area contributed by atoms with Crippen LogP contribution in [-0.2, 0) is 4.74 Å². The lowest BCUT2D eigenvalue weighted by Gasteiger charge is -2.18. The highest BCUT2D eigenvalue weighted by molar-refractivity contribution is 7.99. The lowest BCUT2D eigenvalue weighted by atomic mass is 10.2. The molecule has 0 aromatic rings. The van der Waals surface area contributed by atoms with Gasteiger partial charge in [-0.05, 0) is 37.5 Å². The molecule has 0 fully saturated rings. The van der Waals surface area contributed by atoms with Crippen molar-refractivity contribution < 1.29 is 4.74 Å². The Morgan fingerprint density at radius 1 is 1.25 bits per heavy atom. The summed E-state index contributed by atoms with van der Waals surface area (Å²) in [6, 6.07) is 0.666. The molecular formula is C13H29NOS. The van der Waals surface area contributed by atoms with Crippen LogP contribution in [0.25, 0.3) is 0 Å². The molecule has 0 aliphatic carbocycles. The van der Waals surface area contributed by atoms with E-state index in [9.17, 15) is 0 Å². The smallest absolute Gasteiger partial charge is 0.0462 e. The number of methoxy groups -OCH3 is 1. The van der Waals surface area contributed by atoms with Crippen LogP contribution in [0.5, 0.6) is 0 Å². The Balaban J connectivity index is 3.62. The molecule has 3 heteroatoms. The van der Waals surface area contributed by atoms with Crippen molar-refractivity contribution in [2.45, 2.75) is 46.1 Å². The predicted molar refractivity (Wildman–Crippen MR) is 75.4 cm³/mol. The first-order valence-corrected chi connectivity index (χ1v) is 7.66. The molecule has 0 aliphatic rings. The zero-order chi connectivity index (χ0) is 12.2. The van der Waals surface area contributed by atoms with Crippen molar-refractivity contribution in [2.24, 2.45) is 5.92 Å². The summed E-state index contributed by atoms with van der Waals surface area (Å²) in [5.41, 5.74) is 0. The summed E-state index contributed by atoms with van der Waals surface area (Å²) in [6.45, 7) is 8.82. The van der Waals surface area contributed by atoms with Crippen LogP contribution in [0.15, 0.2) is 0 Å². The van der Waals surface area contributed by atoms with Gasteiger partial charge in [0.05, 0.1) is 0 Å². The Bertz CT molecular complexity index is 142. The van der Waals surface area contributed by atoms with Crippen molar-refractivity contribution in [3.63, 3.8) is 0 Å². The van der Waals surface area contributed by atoms with Gasteiger partial charge >= 0.3 is 0 Å². The highest BCUT2D eigenvalue weighted by Gasteiger charge is 2.07. The number of hydrogen-bond donors (Lipinski definition) is 1. The molecule has 0 spiro atoms. The van der Waals surface area contributed by atoms with Crippen LogP contribution in [0.2, 0.25) is 0 Å². The van der Waals surface area contributed by atoms with Crippen LogP contribution in [0, 0.1) is 5.92 Å². The van der Waals surface area contributed by atoms with Crippen molar-refractivity contribution in [2.75, 3.05) is 31.8 Å². The largest absolute Gasteiger partial charge is 0.385 e. The number of rotatable bonds is 11. The number of nitrogens with one attached hydrogen (secondary N) is 1. The molecule has 0 radical (unpaired) electrons. The zero-order valence-corrected chi connectivity index (χ0v) is 12.2. The molecule has 0 saturated heterocycles. The minimum atomic E-state index is 0.666. The van der Waals surface area contributed by atoms with E-state index in [4.69, 9.17) is 4.74 Å².